The second-order valence-corrected chi connectivity index (χ2v) is 49.6. The molecular formula is C64H74Cl2O2SiZr-2. The third kappa shape index (κ3) is 8.73. The zero-order chi connectivity index (χ0) is 48.8. The van der Waals surface area contributed by atoms with Gasteiger partial charge in [-0.1, -0.05) is 0 Å². The van der Waals surface area contributed by atoms with Crippen LogP contribution in [0.2, 0.25) is 13.1 Å². The molecule has 6 aromatic rings. The Balaban J connectivity index is 0.00000361. The van der Waals surface area contributed by atoms with Gasteiger partial charge in [0, 0.05) is 0 Å². The Morgan fingerprint density at radius 1 is 0.443 bits per heavy atom. The molecule has 3 unspecified atom stereocenters. The van der Waals surface area contributed by atoms with Gasteiger partial charge in [-0.05, 0) is 0 Å². The summed E-state index contributed by atoms with van der Waals surface area (Å²) in [7, 11) is 3.76. The molecule has 3 atom stereocenters. The largest absolute Gasteiger partial charge is 1.00 e. The van der Waals surface area contributed by atoms with E-state index in [9.17, 15) is 0 Å². The van der Waals surface area contributed by atoms with Crippen LogP contribution in [0.3, 0.4) is 0 Å². The summed E-state index contributed by atoms with van der Waals surface area (Å²) in [6, 6.07) is 44.2. The predicted octanol–water partition coefficient (Wildman–Crippen LogP) is 11.5. The van der Waals surface area contributed by atoms with Gasteiger partial charge in [-0.2, -0.15) is 0 Å². The summed E-state index contributed by atoms with van der Waals surface area (Å²) in [6.07, 6.45) is 7.86. The number of rotatable bonds is 9. The van der Waals surface area contributed by atoms with Gasteiger partial charge in [-0.25, -0.2) is 0 Å². The minimum absolute atomic E-state index is 0. The molecule has 6 aromatic carbocycles. The quantitative estimate of drug-likeness (QED) is 0.134. The first-order valence-electron chi connectivity index (χ1n) is 25.0. The molecule has 0 spiro atoms. The number of fused-ring (bicyclic) bond motifs is 3. The smallest absolute Gasteiger partial charge is 1.00 e. The van der Waals surface area contributed by atoms with Gasteiger partial charge < -0.3 is 24.8 Å². The summed E-state index contributed by atoms with van der Waals surface area (Å²) < 4.78 is 14.2. The van der Waals surface area contributed by atoms with Crippen LogP contribution in [-0.4, -0.2) is 20.1 Å². The van der Waals surface area contributed by atoms with Crippen LogP contribution in [0.15, 0.2) is 132 Å². The maximum atomic E-state index is 6.58. The molecule has 70 heavy (non-hydrogen) atoms. The minimum Gasteiger partial charge on any atom is -1.00 e. The van der Waals surface area contributed by atoms with Crippen LogP contribution in [0.4, 0.5) is 0 Å². The van der Waals surface area contributed by atoms with Crippen LogP contribution in [0.1, 0.15) is 144 Å². The molecule has 0 amide bonds. The number of allylic oxidation sites excluding steroid dienone is 3. The normalized spacial score (nSPS) is 18.1. The molecule has 9 rings (SSSR count). The molecule has 0 saturated heterocycles. The molecule has 366 valence electrons. The molecule has 0 heterocycles. The van der Waals surface area contributed by atoms with Crippen molar-refractivity contribution in [3.63, 3.8) is 0 Å². The van der Waals surface area contributed by atoms with Crippen LogP contribution in [0.5, 0.6) is 11.5 Å². The van der Waals surface area contributed by atoms with Gasteiger partial charge in [0.15, 0.2) is 0 Å². The third-order valence-electron chi connectivity index (χ3n) is 16.0. The van der Waals surface area contributed by atoms with Crippen LogP contribution in [0, 0.1) is 0 Å². The molecular weight excluding hydrogens is 991 g/mol. The Labute approximate surface area is 438 Å². The van der Waals surface area contributed by atoms with E-state index in [4.69, 9.17) is 9.47 Å². The Hall–Kier alpha value is -4.18. The van der Waals surface area contributed by atoms with Crippen LogP contribution in [0.25, 0.3) is 51.6 Å². The number of halogens is 2. The van der Waals surface area contributed by atoms with Gasteiger partial charge in [-0.3, -0.25) is 0 Å². The summed E-state index contributed by atoms with van der Waals surface area (Å²) >= 11 is -4.09. The monoisotopic (exact) mass is 1060 g/mol. The van der Waals surface area contributed by atoms with E-state index in [1.54, 1.807) is 11.1 Å². The van der Waals surface area contributed by atoms with Crippen molar-refractivity contribution < 1.29 is 53.7 Å². The fourth-order valence-corrected chi connectivity index (χ4v) is 52.3. The first-order valence-corrected chi connectivity index (χ1v) is 36.4. The summed E-state index contributed by atoms with van der Waals surface area (Å²) in [5, 5.41) is 0. The fourth-order valence-electron chi connectivity index (χ4n) is 13.1. The molecule has 2 nitrogen and oxygen atoms in total. The number of methoxy groups -OCH3 is 2. The maximum Gasteiger partial charge on any atom is -1.00 e. The number of benzene rings is 6. The summed E-state index contributed by atoms with van der Waals surface area (Å²) in [5.41, 5.74) is 24.7. The van der Waals surface area contributed by atoms with Crippen molar-refractivity contribution in [2.24, 2.45) is 0 Å². The van der Waals surface area contributed by atoms with E-state index in [0.717, 1.165) is 11.5 Å². The Morgan fingerprint density at radius 3 is 1.21 bits per heavy atom. The van der Waals surface area contributed by atoms with Crippen molar-refractivity contribution in [1.82, 2.24) is 0 Å². The van der Waals surface area contributed by atoms with E-state index in [1.165, 1.54) is 89.0 Å². The first-order chi connectivity index (χ1) is 32.1. The molecule has 0 N–H and O–H groups in total. The van der Waals surface area contributed by atoms with Crippen molar-refractivity contribution in [2.45, 2.75) is 123 Å². The van der Waals surface area contributed by atoms with E-state index in [2.05, 4.69) is 230 Å². The zero-order valence-electron chi connectivity index (χ0n) is 44.6. The van der Waals surface area contributed by atoms with Crippen LogP contribution in [-0.2, 0) is 35.7 Å². The van der Waals surface area contributed by atoms with Crippen molar-refractivity contribution in [3.8, 4) is 44.9 Å². The number of ether oxygens (including phenoxy) is 2. The second kappa shape index (κ2) is 19.7. The summed E-state index contributed by atoms with van der Waals surface area (Å²) in [6.45, 7) is 34.2. The fraction of sp³-hybridized carbons (Fsp3) is 0.344. The average Bonchev–Trinajstić information content (AvgIpc) is 3.94. The first kappa shape index (κ1) is 53.6. The van der Waals surface area contributed by atoms with Crippen molar-refractivity contribution in [2.75, 3.05) is 14.2 Å². The third-order valence-corrected chi connectivity index (χ3v) is 51.7. The molecule has 0 aliphatic heterocycles. The number of hydrogen-bond donors (Lipinski definition) is 0. The summed E-state index contributed by atoms with van der Waals surface area (Å²) in [5.74, 6) is 0.424. The van der Waals surface area contributed by atoms with E-state index >= 15 is 0 Å². The molecule has 6 heteroatoms. The van der Waals surface area contributed by atoms with E-state index in [0.29, 0.717) is 10.9 Å². The standard InChI is InChI=1S/2C21H23O.C20H21.C2H7Si.2ClH.Zr/c2*1-14-11-16-13-18(21(2,3)4)20(22-5)19(17(16)12-14)15-9-7-6-8-10-15;1-14-12-16-6-5-7-18(19(16)13-14)15-8-10-17(11-9-15)20(2,3)4;1-3-2;;;/h2*6-13H,1-5H3;5-13H,1-4H3;3H,1-2H3;2*1H;/p-2. The Kier molecular flexibility index (Phi) is 15.1. The Morgan fingerprint density at radius 2 is 0.843 bits per heavy atom. The molecule has 0 bridgehead atoms. The van der Waals surface area contributed by atoms with Gasteiger partial charge in [0.2, 0.25) is 0 Å². The minimum atomic E-state index is -4.09. The topological polar surface area (TPSA) is 18.5 Å². The molecule has 3 aliphatic carbocycles. The van der Waals surface area contributed by atoms with Gasteiger partial charge in [0.25, 0.3) is 0 Å². The zero-order valence-corrected chi connectivity index (χ0v) is 49.7. The average molecular weight is 1070 g/mol. The van der Waals surface area contributed by atoms with Gasteiger partial charge in [0.05, 0.1) is 0 Å². The number of hydrogen-bond acceptors (Lipinski definition) is 2. The second-order valence-electron chi connectivity index (χ2n) is 23.7. The van der Waals surface area contributed by atoms with Gasteiger partial charge in [0.1, 0.15) is 0 Å². The van der Waals surface area contributed by atoms with Gasteiger partial charge in [-0.15, -0.1) is 0 Å². The SMILES string of the molecule is COc1c(C(C)(C)C)cc2c(c1-c1ccccc1)C=C(C)[CH]2[Zr]([CH]1C(C)=Cc2c(-c3ccc(C(C)(C)C)cc3)cccc21)([CH]1C(C)=Cc2c1cc(C(C)(C)C)c(OC)c2-c1ccccc1)[SiH](C)C.[Cl-].[Cl-]. The molecule has 0 radical (unpaired) electrons. The molecule has 0 aromatic heterocycles. The summed E-state index contributed by atoms with van der Waals surface area (Å²) in [4.78, 5) is 0. The Bertz CT molecular complexity index is 2900. The van der Waals surface area contributed by atoms with Crippen molar-refractivity contribution in [1.29, 1.82) is 0 Å². The predicted molar refractivity (Wildman–Crippen MR) is 293 cm³/mol. The van der Waals surface area contributed by atoms with Gasteiger partial charge >= 0.3 is 418 Å². The van der Waals surface area contributed by atoms with Crippen LogP contribution >= 0.6 is 0 Å². The van der Waals surface area contributed by atoms with Crippen molar-refractivity contribution in [3.05, 3.63) is 182 Å². The van der Waals surface area contributed by atoms with Crippen LogP contribution < -0.4 is 34.3 Å². The molecule has 3 aliphatic rings. The molecule has 0 fully saturated rings. The van der Waals surface area contributed by atoms with Crippen molar-refractivity contribution >= 4 is 24.2 Å². The van der Waals surface area contributed by atoms with E-state index in [1.807, 2.05) is 14.2 Å². The van der Waals surface area contributed by atoms with E-state index in [-0.39, 0.29) is 41.1 Å². The van der Waals surface area contributed by atoms with E-state index < -0.39 is 25.4 Å². The molecule has 0 saturated carbocycles. The maximum absolute atomic E-state index is 6.58.